The van der Waals surface area contributed by atoms with Crippen LogP contribution in [0.1, 0.15) is 26.7 Å². The first-order valence-electron chi connectivity index (χ1n) is 5.30. The van der Waals surface area contributed by atoms with E-state index in [2.05, 4.69) is 0 Å². The van der Waals surface area contributed by atoms with Crippen LogP contribution in [0.3, 0.4) is 0 Å². The van der Waals surface area contributed by atoms with Crippen LogP contribution in [-0.4, -0.2) is 3.93 Å². The van der Waals surface area contributed by atoms with E-state index in [-0.39, 0.29) is 11.5 Å². The van der Waals surface area contributed by atoms with Crippen LogP contribution in [0, 0.1) is 5.92 Å². The summed E-state index contributed by atoms with van der Waals surface area (Å²) in [5.74, 6) is 0.210. The van der Waals surface area contributed by atoms with Crippen molar-refractivity contribution in [3.63, 3.8) is 0 Å². The van der Waals surface area contributed by atoms with Gasteiger partial charge in [-0.2, -0.15) is 8.78 Å². The standard InChI is InChI=1S/C12H16F2IN/c1-3-9-5-4-8(2)11(16)7-6-10(9)12(13,14)15/h5-8H,3-4,16H2,1-2H3/b9-5?,10-6?,11-7-. The third kappa shape index (κ3) is 3.30. The predicted octanol–water partition coefficient (Wildman–Crippen LogP) is 4.16. The van der Waals surface area contributed by atoms with Crippen LogP contribution in [0.5, 0.6) is 0 Å². The zero-order chi connectivity index (χ0) is 12.3. The molecule has 0 aromatic heterocycles. The highest BCUT2D eigenvalue weighted by atomic mass is 127. The lowest BCUT2D eigenvalue weighted by molar-refractivity contribution is 0.171. The molecule has 0 aromatic carbocycles. The lowest BCUT2D eigenvalue weighted by atomic mass is 9.94. The van der Waals surface area contributed by atoms with Gasteiger partial charge in [-0.3, -0.25) is 0 Å². The van der Waals surface area contributed by atoms with Gasteiger partial charge < -0.3 is 5.73 Å². The molecule has 0 aromatic rings. The van der Waals surface area contributed by atoms with Crippen molar-refractivity contribution < 1.29 is 8.78 Å². The zero-order valence-corrected chi connectivity index (χ0v) is 11.6. The third-order valence-corrected chi connectivity index (χ3v) is 3.34. The van der Waals surface area contributed by atoms with Gasteiger partial charge in [0.05, 0.1) is 0 Å². The number of hydrogen-bond donors (Lipinski definition) is 1. The molecule has 2 N–H and O–H groups in total. The molecule has 1 atom stereocenters. The monoisotopic (exact) mass is 339 g/mol. The molecule has 0 radical (unpaired) electrons. The molecule has 16 heavy (non-hydrogen) atoms. The molecule has 0 amide bonds. The van der Waals surface area contributed by atoms with Crippen molar-refractivity contribution in [1.82, 2.24) is 0 Å². The molecule has 0 bridgehead atoms. The molecule has 0 aliphatic heterocycles. The third-order valence-electron chi connectivity index (χ3n) is 2.76. The number of halogens is 3. The minimum absolute atomic E-state index is 0.0745. The first-order chi connectivity index (χ1) is 7.36. The Bertz CT molecular complexity index is 351. The van der Waals surface area contributed by atoms with Gasteiger partial charge in [0.25, 0.3) is 0 Å². The molecule has 1 nitrogen and oxygen atoms in total. The summed E-state index contributed by atoms with van der Waals surface area (Å²) in [6.45, 7) is 3.89. The molecule has 0 fully saturated rings. The second-order valence-corrected chi connectivity index (χ2v) is 5.32. The Morgan fingerprint density at radius 3 is 2.62 bits per heavy atom. The van der Waals surface area contributed by atoms with E-state index in [9.17, 15) is 8.78 Å². The molecular weight excluding hydrogens is 323 g/mol. The highest BCUT2D eigenvalue weighted by Gasteiger charge is 2.31. The Morgan fingerprint density at radius 1 is 1.50 bits per heavy atom. The minimum Gasteiger partial charge on any atom is -0.402 e. The van der Waals surface area contributed by atoms with Crippen LogP contribution < -0.4 is 5.73 Å². The summed E-state index contributed by atoms with van der Waals surface area (Å²) in [6.07, 6.45) is 6.27. The van der Waals surface area contributed by atoms with E-state index < -0.39 is 3.93 Å². The van der Waals surface area contributed by atoms with Crippen molar-refractivity contribution in [2.24, 2.45) is 11.7 Å². The summed E-state index contributed by atoms with van der Waals surface area (Å²) in [5.41, 5.74) is 7.23. The van der Waals surface area contributed by atoms with Gasteiger partial charge in [0.1, 0.15) is 0 Å². The Balaban J connectivity index is 3.18. The van der Waals surface area contributed by atoms with Gasteiger partial charge >= 0.3 is 3.93 Å². The highest BCUT2D eigenvalue weighted by molar-refractivity contribution is 14.1. The lowest BCUT2D eigenvalue weighted by Gasteiger charge is -2.19. The van der Waals surface area contributed by atoms with Crippen LogP contribution in [0.4, 0.5) is 8.78 Å². The van der Waals surface area contributed by atoms with E-state index in [4.69, 9.17) is 5.73 Å². The fraction of sp³-hybridized carbons (Fsp3) is 0.500. The number of hydrogen-bond acceptors (Lipinski definition) is 1. The number of nitrogens with two attached hydrogens (primary N) is 1. The Morgan fingerprint density at radius 2 is 2.12 bits per heavy atom. The summed E-state index contributed by atoms with van der Waals surface area (Å²) in [4.78, 5) is 0. The Kier molecular flexibility index (Phi) is 4.52. The molecule has 1 aliphatic rings. The summed E-state index contributed by atoms with van der Waals surface area (Å²) in [6, 6.07) is 0. The number of rotatable bonds is 2. The van der Waals surface area contributed by atoms with E-state index in [1.165, 1.54) is 6.08 Å². The topological polar surface area (TPSA) is 26.0 Å². The van der Waals surface area contributed by atoms with E-state index in [0.29, 0.717) is 12.1 Å². The molecule has 0 saturated heterocycles. The van der Waals surface area contributed by atoms with Gasteiger partial charge in [-0.05, 0) is 30.4 Å². The van der Waals surface area contributed by atoms with E-state index in [1.54, 1.807) is 6.08 Å². The molecule has 4 heteroatoms. The molecule has 0 spiro atoms. The van der Waals surface area contributed by atoms with Gasteiger partial charge in [-0.25, -0.2) is 0 Å². The molecule has 0 saturated carbocycles. The average molecular weight is 339 g/mol. The molecule has 1 unspecified atom stereocenters. The lowest BCUT2D eigenvalue weighted by Crippen LogP contribution is -2.15. The summed E-state index contributed by atoms with van der Waals surface area (Å²) in [7, 11) is 0. The van der Waals surface area contributed by atoms with Gasteiger partial charge in [0.2, 0.25) is 0 Å². The van der Waals surface area contributed by atoms with Crippen molar-refractivity contribution in [2.75, 3.05) is 0 Å². The Hall–Kier alpha value is -0.390. The second-order valence-electron chi connectivity index (χ2n) is 3.96. The summed E-state index contributed by atoms with van der Waals surface area (Å²) in [5, 5.41) is 0. The van der Waals surface area contributed by atoms with Crippen LogP contribution in [0.2, 0.25) is 0 Å². The van der Waals surface area contributed by atoms with Gasteiger partial charge in [0, 0.05) is 33.9 Å². The van der Waals surface area contributed by atoms with E-state index in [0.717, 1.165) is 34.6 Å². The zero-order valence-electron chi connectivity index (χ0n) is 9.43. The van der Waals surface area contributed by atoms with Crippen LogP contribution in [0.15, 0.2) is 35.1 Å². The largest absolute Gasteiger partial charge is 0.402 e. The maximum atomic E-state index is 13.4. The highest BCUT2D eigenvalue weighted by Crippen LogP contribution is 2.38. The maximum Gasteiger partial charge on any atom is 0.321 e. The summed E-state index contributed by atoms with van der Waals surface area (Å²) < 4.78 is 23.9. The van der Waals surface area contributed by atoms with Crippen molar-refractivity contribution in [3.8, 4) is 0 Å². The van der Waals surface area contributed by atoms with Crippen LogP contribution >= 0.6 is 22.6 Å². The van der Waals surface area contributed by atoms with Crippen molar-refractivity contribution in [1.29, 1.82) is 0 Å². The first-order valence-corrected chi connectivity index (χ1v) is 6.38. The molecule has 1 aliphatic carbocycles. The van der Waals surface area contributed by atoms with E-state index in [1.807, 2.05) is 19.9 Å². The minimum atomic E-state index is -2.84. The van der Waals surface area contributed by atoms with Crippen molar-refractivity contribution in [2.45, 2.75) is 30.6 Å². The predicted molar refractivity (Wildman–Crippen MR) is 71.5 cm³/mol. The molecule has 1 rings (SSSR count). The normalized spacial score (nSPS) is 26.1. The first kappa shape index (κ1) is 13.7. The fourth-order valence-electron chi connectivity index (χ4n) is 1.63. The molecule has 90 valence electrons. The van der Waals surface area contributed by atoms with Crippen molar-refractivity contribution in [3.05, 3.63) is 35.1 Å². The quantitative estimate of drug-likeness (QED) is 0.593. The van der Waals surface area contributed by atoms with E-state index >= 15 is 0 Å². The summed E-state index contributed by atoms with van der Waals surface area (Å²) >= 11 is 1.16. The molecular formula is C12H16F2IN. The van der Waals surface area contributed by atoms with Crippen LogP contribution in [-0.2, 0) is 0 Å². The average Bonchev–Trinajstić information content (AvgIpc) is 2.17. The maximum absolute atomic E-state index is 13.4. The van der Waals surface area contributed by atoms with Crippen LogP contribution in [0.25, 0.3) is 0 Å². The number of alkyl halides is 3. The SMILES string of the molecule is CCC1=CCC(C)/C(N)=C/C=C1C(F)(F)I. The van der Waals surface area contributed by atoms with Gasteiger partial charge in [0.15, 0.2) is 0 Å². The second kappa shape index (κ2) is 5.29. The smallest absolute Gasteiger partial charge is 0.321 e. The van der Waals surface area contributed by atoms with Gasteiger partial charge in [-0.1, -0.05) is 26.0 Å². The van der Waals surface area contributed by atoms with Crippen molar-refractivity contribution >= 4 is 22.6 Å². The van der Waals surface area contributed by atoms with Gasteiger partial charge in [-0.15, -0.1) is 0 Å². The Labute approximate surface area is 109 Å². The molecule has 0 heterocycles. The number of allylic oxidation sites excluding steroid dienone is 6. The fourth-order valence-corrected chi connectivity index (χ4v) is 2.15.